The number of likely N-dealkylation sites (N-methyl/N-ethyl adjacent to an activating group) is 1. The predicted molar refractivity (Wildman–Crippen MR) is 122 cm³/mol. The van der Waals surface area contributed by atoms with E-state index in [1.165, 1.54) is 55.4 Å². The van der Waals surface area contributed by atoms with E-state index in [0.717, 1.165) is 53.2 Å². The molecule has 160 valence electrons. The van der Waals surface area contributed by atoms with Gasteiger partial charge in [0.1, 0.15) is 9.71 Å². The second kappa shape index (κ2) is 6.67. The molecule has 0 saturated heterocycles. The van der Waals surface area contributed by atoms with Crippen molar-refractivity contribution in [1.29, 1.82) is 0 Å². The maximum Gasteiger partial charge on any atom is 0.263 e. The van der Waals surface area contributed by atoms with Crippen LogP contribution in [0.2, 0.25) is 0 Å². The fourth-order valence-corrected chi connectivity index (χ4v) is 8.43. The lowest BCUT2D eigenvalue weighted by Crippen LogP contribution is -2.55. The first-order chi connectivity index (χ1) is 14.4. The molecular formula is C24H32N4OS. The van der Waals surface area contributed by atoms with Gasteiger partial charge in [0.2, 0.25) is 0 Å². The summed E-state index contributed by atoms with van der Waals surface area (Å²) >= 11 is 1.46. The lowest BCUT2D eigenvalue weighted by atomic mass is 9.48. The van der Waals surface area contributed by atoms with Crippen LogP contribution in [0.1, 0.15) is 66.4 Å². The minimum atomic E-state index is -0.00571. The molecule has 30 heavy (non-hydrogen) atoms. The Hall–Kier alpha value is -1.66. The second-order valence-corrected chi connectivity index (χ2v) is 11.8. The van der Waals surface area contributed by atoms with Crippen molar-refractivity contribution in [2.45, 2.75) is 64.5 Å². The van der Waals surface area contributed by atoms with Crippen molar-refractivity contribution in [2.24, 2.45) is 23.2 Å². The molecule has 0 spiro atoms. The van der Waals surface area contributed by atoms with E-state index in [1.807, 2.05) is 0 Å². The van der Waals surface area contributed by atoms with Gasteiger partial charge in [-0.15, -0.1) is 11.3 Å². The van der Waals surface area contributed by atoms with Gasteiger partial charge >= 0.3 is 0 Å². The van der Waals surface area contributed by atoms with Crippen LogP contribution >= 0.6 is 11.3 Å². The summed E-state index contributed by atoms with van der Waals surface area (Å²) in [5.41, 5.74) is 9.80. The molecule has 1 amide bonds. The molecule has 7 rings (SSSR count). The van der Waals surface area contributed by atoms with Crippen molar-refractivity contribution < 1.29 is 4.79 Å². The van der Waals surface area contributed by atoms with Gasteiger partial charge in [0.05, 0.1) is 5.69 Å². The Labute approximate surface area is 182 Å². The molecule has 0 aromatic carbocycles. The fourth-order valence-electron chi connectivity index (χ4n) is 7.43. The largest absolute Gasteiger partial charge is 0.397 e. The summed E-state index contributed by atoms with van der Waals surface area (Å²) in [6.07, 6.45) is 9.13. The van der Waals surface area contributed by atoms with Crippen molar-refractivity contribution in [2.75, 3.05) is 19.3 Å². The number of carbonyl (C=O) groups is 1. The van der Waals surface area contributed by atoms with Crippen LogP contribution in [0.4, 0.5) is 5.69 Å². The van der Waals surface area contributed by atoms with Crippen molar-refractivity contribution in [3.05, 3.63) is 22.2 Å². The van der Waals surface area contributed by atoms with Gasteiger partial charge in [0, 0.05) is 36.6 Å². The Balaban J connectivity index is 1.27. The van der Waals surface area contributed by atoms with Crippen LogP contribution in [-0.2, 0) is 13.0 Å². The van der Waals surface area contributed by atoms with Crippen LogP contribution in [0.5, 0.6) is 0 Å². The number of pyridine rings is 1. The van der Waals surface area contributed by atoms with E-state index in [1.54, 1.807) is 0 Å². The highest BCUT2D eigenvalue weighted by atomic mass is 32.1. The van der Waals surface area contributed by atoms with Crippen LogP contribution < -0.4 is 11.1 Å². The van der Waals surface area contributed by atoms with E-state index in [-0.39, 0.29) is 11.9 Å². The van der Waals surface area contributed by atoms with E-state index < -0.39 is 0 Å². The quantitative estimate of drug-likeness (QED) is 0.775. The summed E-state index contributed by atoms with van der Waals surface area (Å²) in [6.45, 7) is 4.17. The Morgan fingerprint density at radius 2 is 1.93 bits per heavy atom. The standard InChI is InChI=1S/C24H32N4OS/c1-13(24-9-14-5-15(10-24)7-16(6-14)11-24)26-22(29)21-20(25)18-8-17-12-28(2)4-3-19(17)27-23(18)30-21/h8,13-16H,3-7,9-12,25H2,1-2H3,(H,26,29)/t13-,14?,15?,16?,24?/m1/s1. The zero-order valence-electron chi connectivity index (χ0n) is 18.0. The number of aromatic nitrogens is 1. The van der Waals surface area contributed by atoms with E-state index in [9.17, 15) is 4.79 Å². The average molecular weight is 425 g/mol. The number of thiophene rings is 1. The minimum absolute atomic E-state index is 0.00571. The first-order valence-electron chi connectivity index (χ1n) is 11.6. The molecule has 6 heteroatoms. The van der Waals surface area contributed by atoms with E-state index >= 15 is 0 Å². The molecule has 5 aliphatic rings. The predicted octanol–water partition coefficient (Wildman–Crippen LogP) is 4.20. The Morgan fingerprint density at radius 1 is 1.27 bits per heavy atom. The summed E-state index contributed by atoms with van der Waals surface area (Å²) in [4.78, 5) is 22.0. The van der Waals surface area contributed by atoms with E-state index in [0.29, 0.717) is 16.0 Å². The number of hydrogen-bond acceptors (Lipinski definition) is 5. The monoisotopic (exact) mass is 424 g/mol. The summed E-state index contributed by atoms with van der Waals surface area (Å²) in [5.74, 6) is 2.66. The smallest absolute Gasteiger partial charge is 0.263 e. The maximum atomic E-state index is 13.3. The molecule has 5 nitrogen and oxygen atoms in total. The Bertz CT molecular complexity index is 993. The van der Waals surface area contributed by atoms with Gasteiger partial charge in [0.25, 0.3) is 5.91 Å². The zero-order valence-corrected chi connectivity index (χ0v) is 18.9. The molecule has 1 aliphatic heterocycles. The molecule has 1 atom stereocenters. The van der Waals surface area contributed by atoms with E-state index in [2.05, 4.69) is 30.3 Å². The maximum absolute atomic E-state index is 13.3. The number of nitrogens with one attached hydrogen (secondary N) is 1. The van der Waals surface area contributed by atoms with Crippen molar-refractivity contribution >= 4 is 33.1 Å². The molecule has 4 fully saturated rings. The Kier molecular flexibility index (Phi) is 4.24. The third-order valence-electron chi connectivity index (χ3n) is 8.62. The number of nitrogens with zero attached hydrogens (tertiary/aromatic N) is 2. The Morgan fingerprint density at radius 3 is 2.60 bits per heavy atom. The van der Waals surface area contributed by atoms with Crippen LogP contribution in [-0.4, -0.2) is 35.4 Å². The molecule has 4 saturated carbocycles. The fraction of sp³-hybridized carbons (Fsp3) is 0.667. The number of rotatable bonds is 3. The first-order valence-corrected chi connectivity index (χ1v) is 12.4. The molecule has 3 heterocycles. The second-order valence-electron chi connectivity index (χ2n) is 10.8. The summed E-state index contributed by atoms with van der Waals surface area (Å²) in [5, 5.41) is 4.33. The SMILES string of the molecule is C[C@@H](NC(=O)c1sc2nc3c(cc2c1N)CN(C)CC3)C12CC3CC(CC(C3)C1)C2. The number of fused-ring (bicyclic) bond motifs is 2. The lowest BCUT2D eigenvalue weighted by Gasteiger charge is -2.59. The lowest BCUT2D eigenvalue weighted by molar-refractivity contribution is -0.0687. The topological polar surface area (TPSA) is 71.2 Å². The number of nitrogen functional groups attached to an aromatic ring is 1. The van der Waals surface area contributed by atoms with Crippen LogP contribution in [0.25, 0.3) is 10.2 Å². The number of hydrogen-bond donors (Lipinski definition) is 2. The molecule has 2 aromatic rings. The molecular weight excluding hydrogens is 392 g/mol. The number of anilines is 1. The summed E-state index contributed by atoms with van der Waals surface area (Å²) in [7, 11) is 2.13. The van der Waals surface area contributed by atoms with Gasteiger partial charge < -0.3 is 16.0 Å². The van der Waals surface area contributed by atoms with Gasteiger partial charge in [-0.05, 0) is 87.3 Å². The van der Waals surface area contributed by atoms with Gasteiger partial charge in [-0.25, -0.2) is 4.98 Å². The van der Waals surface area contributed by atoms with Gasteiger partial charge in [-0.1, -0.05) is 0 Å². The summed E-state index contributed by atoms with van der Waals surface area (Å²) in [6, 6.07) is 2.37. The molecule has 4 aliphatic carbocycles. The number of carbonyl (C=O) groups excluding carboxylic acids is 1. The van der Waals surface area contributed by atoms with Crippen LogP contribution in [0, 0.1) is 23.2 Å². The van der Waals surface area contributed by atoms with E-state index in [4.69, 9.17) is 10.7 Å². The molecule has 3 N–H and O–H groups in total. The first kappa shape index (κ1) is 19.1. The number of nitrogens with two attached hydrogens (primary N) is 1. The normalized spacial score (nSPS) is 33.6. The zero-order chi connectivity index (χ0) is 20.6. The molecule has 2 aromatic heterocycles. The van der Waals surface area contributed by atoms with Gasteiger partial charge in [0.15, 0.2) is 0 Å². The van der Waals surface area contributed by atoms with Gasteiger partial charge in [-0.3, -0.25) is 4.79 Å². The highest BCUT2D eigenvalue weighted by molar-refractivity contribution is 7.21. The number of amides is 1. The molecule has 4 bridgehead atoms. The molecule has 0 radical (unpaired) electrons. The highest BCUT2D eigenvalue weighted by Gasteiger charge is 2.53. The van der Waals surface area contributed by atoms with Crippen LogP contribution in [0.3, 0.4) is 0 Å². The van der Waals surface area contributed by atoms with Gasteiger partial charge in [-0.2, -0.15) is 0 Å². The van der Waals surface area contributed by atoms with Crippen LogP contribution in [0.15, 0.2) is 6.07 Å². The van der Waals surface area contributed by atoms with Crippen molar-refractivity contribution in [1.82, 2.24) is 15.2 Å². The highest BCUT2D eigenvalue weighted by Crippen LogP contribution is 2.61. The van der Waals surface area contributed by atoms with Crippen molar-refractivity contribution in [3.63, 3.8) is 0 Å². The average Bonchev–Trinajstić information content (AvgIpc) is 3.01. The van der Waals surface area contributed by atoms with Crippen molar-refractivity contribution in [3.8, 4) is 0 Å². The molecule has 0 unspecified atom stereocenters. The minimum Gasteiger partial charge on any atom is -0.397 e. The third kappa shape index (κ3) is 2.90. The third-order valence-corrected chi connectivity index (χ3v) is 9.73. The summed E-state index contributed by atoms with van der Waals surface area (Å²) < 4.78 is 0.